The van der Waals surface area contributed by atoms with Crippen LogP contribution >= 0.6 is 0 Å². The zero-order valence-corrected chi connectivity index (χ0v) is 16.1. The predicted octanol–water partition coefficient (Wildman–Crippen LogP) is 1.36. The van der Waals surface area contributed by atoms with Crippen LogP contribution in [0.25, 0.3) is 0 Å². The van der Waals surface area contributed by atoms with Crippen LogP contribution in [0.4, 0.5) is 0 Å². The third-order valence-electron chi connectivity index (χ3n) is 4.86. The molecule has 3 rings (SSSR count). The summed E-state index contributed by atoms with van der Waals surface area (Å²) in [6, 6.07) is 3.33. The highest BCUT2D eigenvalue weighted by Gasteiger charge is 2.20. The van der Waals surface area contributed by atoms with E-state index in [1.54, 1.807) is 18.3 Å². The average Bonchev–Trinajstić information content (AvgIpc) is 2.72. The number of nitrogens with zero attached hydrogens (tertiary/aromatic N) is 4. The maximum absolute atomic E-state index is 11.9. The van der Waals surface area contributed by atoms with E-state index in [0.29, 0.717) is 30.1 Å². The molecule has 0 amide bonds. The van der Waals surface area contributed by atoms with Gasteiger partial charge in [-0.25, -0.2) is 4.79 Å². The van der Waals surface area contributed by atoms with Gasteiger partial charge in [-0.15, -0.1) is 0 Å². The third-order valence-corrected chi connectivity index (χ3v) is 4.86. The number of ether oxygens (including phenoxy) is 2. The van der Waals surface area contributed by atoms with Crippen LogP contribution in [-0.2, 0) is 14.3 Å². The van der Waals surface area contributed by atoms with Crippen LogP contribution in [0.1, 0.15) is 35.3 Å². The van der Waals surface area contributed by atoms with Crippen LogP contribution in [0.2, 0.25) is 0 Å². The zero-order valence-electron chi connectivity index (χ0n) is 16.1. The second kappa shape index (κ2) is 9.77. The molecule has 1 atom stereocenters. The topological polar surface area (TPSA) is 76.5 Å². The number of methoxy groups -OCH3 is 1. The molecule has 8 nitrogen and oxygen atoms in total. The lowest BCUT2D eigenvalue weighted by Crippen LogP contribution is -2.46. The number of rotatable bonds is 6. The van der Waals surface area contributed by atoms with Gasteiger partial charge in [0.25, 0.3) is 0 Å². The molecule has 0 bridgehead atoms. The first-order chi connectivity index (χ1) is 13.2. The van der Waals surface area contributed by atoms with Gasteiger partial charge < -0.3 is 19.2 Å². The normalized spacial score (nSPS) is 22.4. The minimum absolute atomic E-state index is 0.315. The predicted molar refractivity (Wildman–Crippen MR) is 101 cm³/mol. The second-order valence-electron chi connectivity index (χ2n) is 6.94. The summed E-state index contributed by atoms with van der Waals surface area (Å²) in [6.45, 7) is 5.23. The maximum Gasteiger partial charge on any atom is 0.337 e. The Balaban J connectivity index is 1.76. The molecule has 0 radical (unpaired) electrons. The van der Waals surface area contributed by atoms with Crippen LogP contribution in [-0.4, -0.2) is 86.2 Å². The van der Waals surface area contributed by atoms with E-state index in [0.717, 1.165) is 45.4 Å². The van der Waals surface area contributed by atoms with Crippen LogP contribution in [0.5, 0.6) is 0 Å². The smallest absolute Gasteiger partial charge is 0.337 e. The summed E-state index contributed by atoms with van der Waals surface area (Å²) in [5.74, 6) is -0.394. The summed E-state index contributed by atoms with van der Waals surface area (Å²) in [6.07, 6.45) is 4.24. The van der Waals surface area contributed by atoms with E-state index in [2.05, 4.69) is 27.0 Å². The number of oxime groups is 1. The highest BCUT2D eigenvalue weighted by Crippen LogP contribution is 2.15. The number of hydrogen-bond acceptors (Lipinski definition) is 8. The van der Waals surface area contributed by atoms with Crippen LogP contribution < -0.4 is 0 Å². The lowest BCUT2D eigenvalue weighted by atomic mass is 10.1. The number of carbonyl (C=O) groups is 1. The number of hydrogen-bond donors (Lipinski definition) is 0. The molecule has 3 heterocycles. The van der Waals surface area contributed by atoms with Crippen LogP contribution in [0.15, 0.2) is 23.5 Å². The molecule has 2 saturated heterocycles. The largest absolute Gasteiger partial charge is 0.465 e. The van der Waals surface area contributed by atoms with Gasteiger partial charge in [0.15, 0.2) is 0 Å². The molecule has 2 aliphatic rings. The Kier molecular flexibility index (Phi) is 7.14. The molecule has 27 heavy (non-hydrogen) atoms. The quantitative estimate of drug-likeness (QED) is 0.421. The highest BCUT2D eigenvalue weighted by atomic mass is 16.8. The Labute approximate surface area is 160 Å². The molecular formula is C19H28N4O4. The van der Waals surface area contributed by atoms with Gasteiger partial charge in [0.2, 0.25) is 6.29 Å². The van der Waals surface area contributed by atoms with Gasteiger partial charge in [0, 0.05) is 45.3 Å². The van der Waals surface area contributed by atoms with Crippen LogP contribution in [0.3, 0.4) is 0 Å². The van der Waals surface area contributed by atoms with Crippen molar-refractivity contribution >= 4 is 11.7 Å². The third kappa shape index (κ3) is 5.72. The van der Waals surface area contributed by atoms with Crippen molar-refractivity contribution < 1.29 is 19.1 Å². The lowest BCUT2D eigenvalue weighted by molar-refractivity contribution is -0.162. The van der Waals surface area contributed by atoms with E-state index in [1.807, 2.05) is 0 Å². The molecule has 2 aliphatic heterocycles. The Morgan fingerprint density at radius 2 is 2.15 bits per heavy atom. The molecule has 1 aromatic rings. The fraction of sp³-hybridized carbons (Fsp3) is 0.632. The van der Waals surface area contributed by atoms with Gasteiger partial charge in [-0.05, 0) is 32.0 Å². The Bertz CT molecular complexity index is 653. The lowest BCUT2D eigenvalue weighted by Gasteiger charge is -2.32. The molecule has 0 N–H and O–H groups in total. The Morgan fingerprint density at radius 3 is 2.85 bits per heavy atom. The van der Waals surface area contributed by atoms with Gasteiger partial charge in [0.05, 0.1) is 25.0 Å². The summed E-state index contributed by atoms with van der Waals surface area (Å²) < 4.78 is 10.4. The Hall–Kier alpha value is -2.03. The van der Waals surface area contributed by atoms with Gasteiger partial charge in [-0.1, -0.05) is 5.16 Å². The highest BCUT2D eigenvalue weighted by molar-refractivity contribution is 6.02. The minimum atomic E-state index is -0.394. The molecule has 0 aliphatic carbocycles. The van der Waals surface area contributed by atoms with E-state index >= 15 is 0 Å². The molecule has 1 aromatic heterocycles. The standard InChI is InChI=1S/C19H28N4O4/c1-22-8-10-23(11-9-22)14-17(21-27-18-5-3-4-12-26-18)16-13-15(6-7-20-16)19(24)25-2/h6-7,13,18H,3-5,8-12,14H2,1-2H3/b21-17+. The fourth-order valence-electron chi connectivity index (χ4n) is 3.12. The molecule has 0 spiro atoms. The van der Waals surface area contributed by atoms with Crippen molar-refractivity contribution in [3.8, 4) is 0 Å². The number of pyridine rings is 1. The number of esters is 1. The first-order valence-electron chi connectivity index (χ1n) is 9.45. The summed E-state index contributed by atoms with van der Waals surface area (Å²) >= 11 is 0. The van der Waals surface area contributed by atoms with Crippen molar-refractivity contribution in [2.24, 2.45) is 5.16 Å². The van der Waals surface area contributed by atoms with Gasteiger partial charge >= 0.3 is 5.97 Å². The van der Waals surface area contributed by atoms with E-state index in [1.165, 1.54) is 7.11 Å². The van der Waals surface area contributed by atoms with Crippen molar-refractivity contribution in [1.82, 2.24) is 14.8 Å². The molecule has 148 valence electrons. The first kappa shape index (κ1) is 19.7. The van der Waals surface area contributed by atoms with E-state index in [4.69, 9.17) is 14.3 Å². The summed E-state index contributed by atoms with van der Waals surface area (Å²) in [5.41, 5.74) is 1.76. The van der Waals surface area contributed by atoms with Crippen molar-refractivity contribution in [3.63, 3.8) is 0 Å². The Morgan fingerprint density at radius 1 is 1.33 bits per heavy atom. The van der Waals surface area contributed by atoms with E-state index in [-0.39, 0.29) is 6.29 Å². The summed E-state index contributed by atoms with van der Waals surface area (Å²) in [7, 11) is 3.49. The average molecular weight is 376 g/mol. The summed E-state index contributed by atoms with van der Waals surface area (Å²) in [5, 5.41) is 4.38. The molecule has 8 heteroatoms. The fourth-order valence-corrected chi connectivity index (χ4v) is 3.12. The van der Waals surface area contributed by atoms with Crippen molar-refractivity contribution in [1.29, 1.82) is 0 Å². The zero-order chi connectivity index (χ0) is 19.1. The number of carbonyl (C=O) groups excluding carboxylic acids is 1. The minimum Gasteiger partial charge on any atom is -0.465 e. The first-order valence-corrected chi connectivity index (χ1v) is 9.45. The SMILES string of the molecule is COC(=O)c1ccnc(/C(CN2CCN(C)CC2)=N/OC2CCCCO2)c1. The molecule has 0 saturated carbocycles. The molecule has 0 aromatic carbocycles. The number of aromatic nitrogens is 1. The van der Waals surface area contributed by atoms with Crippen molar-refractivity contribution in [2.75, 3.05) is 53.5 Å². The monoisotopic (exact) mass is 376 g/mol. The van der Waals surface area contributed by atoms with Gasteiger partial charge in [-0.2, -0.15) is 0 Å². The van der Waals surface area contributed by atoms with Crippen molar-refractivity contribution in [2.45, 2.75) is 25.6 Å². The molecule has 2 fully saturated rings. The van der Waals surface area contributed by atoms with E-state index in [9.17, 15) is 4.79 Å². The number of piperazine rings is 1. The van der Waals surface area contributed by atoms with Gasteiger partial charge in [0.1, 0.15) is 5.71 Å². The second-order valence-corrected chi connectivity index (χ2v) is 6.94. The summed E-state index contributed by atoms with van der Waals surface area (Å²) in [4.78, 5) is 26.5. The van der Waals surface area contributed by atoms with E-state index < -0.39 is 5.97 Å². The van der Waals surface area contributed by atoms with Gasteiger partial charge in [-0.3, -0.25) is 9.88 Å². The molecule has 1 unspecified atom stereocenters. The van der Waals surface area contributed by atoms with Crippen LogP contribution in [0, 0.1) is 0 Å². The number of likely N-dealkylation sites (N-methyl/N-ethyl adjacent to an activating group) is 1. The maximum atomic E-state index is 11.9. The van der Waals surface area contributed by atoms with Crippen molar-refractivity contribution in [3.05, 3.63) is 29.6 Å². The molecular weight excluding hydrogens is 348 g/mol.